The molecule has 144 valence electrons. The highest BCUT2D eigenvalue weighted by Crippen LogP contribution is 2.21. The van der Waals surface area contributed by atoms with Crippen LogP contribution in [0, 0.1) is 5.92 Å². The molecule has 0 atom stereocenters. The van der Waals surface area contributed by atoms with E-state index in [0.29, 0.717) is 42.4 Å². The number of nitrogens with zero attached hydrogens (tertiary/aromatic N) is 4. The van der Waals surface area contributed by atoms with Gasteiger partial charge in [-0.3, -0.25) is 14.2 Å². The number of piperidine rings is 1. The Bertz CT molecular complexity index is 1040. The van der Waals surface area contributed by atoms with E-state index in [4.69, 9.17) is 4.74 Å². The van der Waals surface area contributed by atoms with Crippen molar-refractivity contribution in [2.75, 3.05) is 20.2 Å². The maximum absolute atomic E-state index is 12.7. The van der Waals surface area contributed by atoms with Gasteiger partial charge in [-0.25, -0.2) is 9.97 Å². The lowest BCUT2D eigenvalue weighted by atomic mass is 9.96. The largest absolute Gasteiger partial charge is 0.481 e. The second-order valence-corrected chi connectivity index (χ2v) is 7.04. The van der Waals surface area contributed by atoms with Crippen LogP contribution in [-0.2, 0) is 6.54 Å². The van der Waals surface area contributed by atoms with E-state index < -0.39 is 0 Å². The number of amides is 1. The molecule has 28 heavy (non-hydrogen) atoms. The minimum Gasteiger partial charge on any atom is -0.481 e. The molecule has 7 nitrogen and oxygen atoms in total. The molecule has 1 aliphatic rings. The molecule has 0 N–H and O–H groups in total. The minimum atomic E-state index is -0.0156. The normalized spacial score (nSPS) is 15.0. The average molecular weight is 378 g/mol. The Hall–Kier alpha value is -3.22. The van der Waals surface area contributed by atoms with Gasteiger partial charge in [0.25, 0.3) is 11.5 Å². The molecular formula is C21H22N4O3. The first-order valence-corrected chi connectivity index (χ1v) is 9.39. The Kier molecular flexibility index (Phi) is 5.06. The van der Waals surface area contributed by atoms with Crippen molar-refractivity contribution in [3.8, 4) is 5.88 Å². The van der Waals surface area contributed by atoms with Crippen molar-refractivity contribution in [2.24, 2.45) is 5.92 Å². The number of para-hydroxylation sites is 1. The molecule has 1 aromatic carbocycles. The van der Waals surface area contributed by atoms with Gasteiger partial charge >= 0.3 is 0 Å². The van der Waals surface area contributed by atoms with Crippen LogP contribution in [0.1, 0.15) is 23.2 Å². The lowest BCUT2D eigenvalue weighted by molar-refractivity contribution is 0.0682. The van der Waals surface area contributed by atoms with Crippen molar-refractivity contribution >= 4 is 16.8 Å². The van der Waals surface area contributed by atoms with Crippen LogP contribution in [0.4, 0.5) is 0 Å². The van der Waals surface area contributed by atoms with E-state index in [0.717, 1.165) is 18.4 Å². The highest BCUT2D eigenvalue weighted by molar-refractivity contribution is 5.94. The first-order valence-electron chi connectivity index (χ1n) is 9.39. The monoisotopic (exact) mass is 378 g/mol. The van der Waals surface area contributed by atoms with Crippen LogP contribution < -0.4 is 10.3 Å². The molecular weight excluding hydrogens is 356 g/mol. The second-order valence-electron chi connectivity index (χ2n) is 7.04. The number of hydrogen-bond acceptors (Lipinski definition) is 5. The third kappa shape index (κ3) is 3.60. The summed E-state index contributed by atoms with van der Waals surface area (Å²) in [4.78, 5) is 35.6. The predicted octanol–water partition coefficient (Wildman–Crippen LogP) is 2.35. The fourth-order valence-electron chi connectivity index (χ4n) is 3.64. The molecule has 0 unspecified atom stereocenters. The molecule has 2 aromatic heterocycles. The Labute approximate surface area is 162 Å². The van der Waals surface area contributed by atoms with E-state index in [1.54, 1.807) is 36.3 Å². The zero-order valence-electron chi connectivity index (χ0n) is 15.7. The number of carbonyl (C=O) groups excluding carboxylic acids is 1. The Balaban J connectivity index is 1.39. The zero-order valence-corrected chi connectivity index (χ0v) is 15.7. The Morgan fingerprint density at radius 3 is 2.64 bits per heavy atom. The lowest BCUT2D eigenvalue weighted by Crippen LogP contribution is -2.40. The van der Waals surface area contributed by atoms with Crippen molar-refractivity contribution in [1.82, 2.24) is 19.4 Å². The number of aromatic nitrogens is 3. The predicted molar refractivity (Wildman–Crippen MR) is 105 cm³/mol. The number of hydrogen-bond donors (Lipinski definition) is 0. The number of benzene rings is 1. The van der Waals surface area contributed by atoms with Crippen LogP contribution >= 0.6 is 0 Å². The van der Waals surface area contributed by atoms with Gasteiger partial charge in [-0.2, -0.15) is 0 Å². The van der Waals surface area contributed by atoms with E-state index >= 15 is 0 Å². The van der Waals surface area contributed by atoms with Gasteiger partial charge in [-0.05, 0) is 37.0 Å². The maximum Gasteiger partial charge on any atom is 0.261 e. The van der Waals surface area contributed by atoms with Gasteiger partial charge in [0.15, 0.2) is 0 Å². The average Bonchev–Trinajstić information content (AvgIpc) is 2.76. The van der Waals surface area contributed by atoms with E-state index in [9.17, 15) is 9.59 Å². The van der Waals surface area contributed by atoms with Gasteiger partial charge < -0.3 is 9.64 Å². The summed E-state index contributed by atoms with van der Waals surface area (Å²) in [6.07, 6.45) is 4.89. The molecule has 0 saturated carbocycles. The summed E-state index contributed by atoms with van der Waals surface area (Å²) in [7, 11) is 1.55. The van der Waals surface area contributed by atoms with Crippen LogP contribution in [0.15, 0.2) is 53.7 Å². The van der Waals surface area contributed by atoms with Crippen LogP contribution in [0.3, 0.4) is 0 Å². The van der Waals surface area contributed by atoms with Gasteiger partial charge in [-0.1, -0.05) is 12.1 Å². The quantitative estimate of drug-likeness (QED) is 0.696. The highest BCUT2D eigenvalue weighted by atomic mass is 16.5. The van der Waals surface area contributed by atoms with E-state index in [1.807, 2.05) is 29.2 Å². The minimum absolute atomic E-state index is 0.00610. The van der Waals surface area contributed by atoms with Crippen LogP contribution in [0.2, 0.25) is 0 Å². The molecule has 0 aliphatic carbocycles. The van der Waals surface area contributed by atoms with Gasteiger partial charge in [-0.15, -0.1) is 0 Å². The van der Waals surface area contributed by atoms with E-state index in [2.05, 4.69) is 9.97 Å². The third-order valence-corrected chi connectivity index (χ3v) is 5.28. The summed E-state index contributed by atoms with van der Waals surface area (Å²) in [6, 6.07) is 10.8. The summed E-state index contributed by atoms with van der Waals surface area (Å²) in [5.41, 5.74) is 1.28. The SMILES string of the molecule is COc1ccc(C(=O)N2CCC(Cn3cnc4ccccc4c3=O)CC2)cn1. The number of likely N-dealkylation sites (tertiary alicyclic amines) is 1. The molecule has 0 radical (unpaired) electrons. The van der Waals surface area contributed by atoms with Gasteiger partial charge in [0, 0.05) is 31.9 Å². The zero-order chi connectivity index (χ0) is 19.5. The van der Waals surface area contributed by atoms with Crippen LogP contribution in [0.25, 0.3) is 10.9 Å². The Morgan fingerprint density at radius 1 is 1.14 bits per heavy atom. The van der Waals surface area contributed by atoms with Gasteiger partial charge in [0.05, 0.1) is 29.9 Å². The van der Waals surface area contributed by atoms with Gasteiger partial charge in [0.1, 0.15) is 0 Å². The second kappa shape index (κ2) is 7.80. The number of carbonyl (C=O) groups is 1. The number of rotatable bonds is 4. The third-order valence-electron chi connectivity index (χ3n) is 5.28. The van der Waals surface area contributed by atoms with Gasteiger partial charge in [0.2, 0.25) is 5.88 Å². The summed E-state index contributed by atoms with van der Waals surface area (Å²) in [5.74, 6) is 0.821. The summed E-state index contributed by atoms with van der Waals surface area (Å²) in [6.45, 7) is 1.97. The first-order chi connectivity index (χ1) is 13.7. The van der Waals surface area contributed by atoms with Crippen molar-refractivity contribution in [3.05, 3.63) is 64.8 Å². The molecule has 0 spiro atoms. The topological polar surface area (TPSA) is 77.3 Å². The van der Waals surface area contributed by atoms with Crippen molar-refractivity contribution in [3.63, 3.8) is 0 Å². The molecule has 1 aliphatic heterocycles. The van der Waals surface area contributed by atoms with E-state index in [1.165, 1.54) is 0 Å². The fraction of sp³-hybridized carbons (Fsp3) is 0.333. The molecule has 1 amide bonds. The first kappa shape index (κ1) is 18.2. The summed E-state index contributed by atoms with van der Waals surface area (Å²) >= 11 is 0. The van der Waals surface area contributed by atoms with Crippen molar-refractivity contribution in [1.29, 1.82) is 0 Å². The smallest absolute Gasteiger partial charge is 0.261 e. The standard InChI is InChI=1S/C21H22N4O3/c1-28-19-7-6-16(12-22-19)20(26)24-10-8-15(9-11-24)13-25-14-23-18-5-3-2-4-17(18)21(25)27/h2-7,12,14-15H,8-11,13H2,1H3. The number of ether oxygens (including phenoxy) is 1. The molecule has 3 aromatic rings. The van der Waals surface area contributed by atoms with Crippen molar-refractivity contribution in [2.45, 2.75) is 19.4 Å². The molecule has 3 heterocycles. The lowest BCUT2D eigenvalue weighted by Gasteiger charge is -2.32. The Morgan fingerprint density at radius 2 is 1.93 bits per heavy atom. The molecule has 7 heteroatoms. The highest BCUT2D eigenvalue weighted by Gasteiger charge is 2.24. The van der Waals surface area contributed by atoms with Crippen molar-refractivity contribution < 1.29 is 9.53 Å². The fourth-order valence-corrected chi connectivity index (χ4v) is 3.64. The maximum atomic E-state index is 12.7. The number of pyridine rings is 1. The summed E-state index contributed by atoms with van der Waals surface area (Å²) in [5, 5.41) is 0.643. The summed E-state index contributed by atoms with van der Waals surface area (Å²) < 4.78 is 6.72. The molecule has 4 rings (SSSR count). The number of methoxy groups -OCH3 is 1. The van der Waals surface area contributed by atoms with Crippen LogP contribution in [-0.4, -0.2) is 45.5 Å². The molecule has 0 bridgehead atoms. The van der Waals surface area contributed by atoms with E-state index in [-0.39, 0.29) is 11.5 Å². The molecule has 1 saturated heterocycles. The molecule has 1 fully saturated rings. The number of fused-ring (bicyclic) bond motifs is 1. The van der Waals surface area contributed by atoms with Crippen LogP contribution in [0.5, 0.6) is 5.88 Å².